The van der Waals surface area contributed by atoms with E-state index in [2.05, 4.69) is 6.92 Å². The Bertz CT molecular complexity index is 35.2. The molecule has 1 aliphatic carbocycles. The molecule has 0 radical (unpaired) electrons. The lowest BCUT2D eigenvalue weighted by Crippen LogP contribution is -1.93. The van der Waals surface area contributed by atoms with E-state index in [1.807, 2.05) is 0 Å². The van der Waals surface area contributed by atoms with Crippen LogP contribution in [0.2, 0.25) is 0 Å². The topological polar surface area (TPSA) is 46.2 Å². The highest BCUT2D eigenvalue weighted by molar-refractivity contribution is 4.51. The van der Waals surface area contributed by atoms with Crippen LogP contribution in [0.1, 0.15) is 45.4 Å². The minimum absolute atomic E-state index is 0.819. The molecule has 0 bridgehead atoms. The Balaban J connectivity index is 0. The van der Waals surface area contributed by atoms with Crippen molar-refractivity contribution in [3.8, 4) is 0 Å². The molecule has 2 heteroatoms. The van der Waals surface area contributed by atoms with Gasteiger partial charge < -0.3 is 10.8 Å². The van der Waals surface area contributed by atoms with Crippen LogP contribution < -0.4 is 5.73 Å². The molecular weight excluding hydrogens is 138 g/mol. The molecule has 0 heterocycles. The fourth-order valence-corrected chi connectivity index (χ4v) is 0.884. The average molecular weight is 161 g/mol. The van der Waals surface area contributed by atoms with Gasteiger partial charge in [-0.2, -0.15) is 0 Å². The molecule has 0 aromatic heterocycles. The zero-order chi connectivity index (χ0) is 8.95. The summed E-state index contributed by atoms with van der Waals surface area (Å²) in [4.78, 5) is 0. The number of hydrogen-bond donors (Lipinski definition) is 2. The van der Waals surface area contributed by atoms with E-state index in [-0.39, 0.29) is 0 Å². The molecule has 0 aromatic carbocycles. The highest BCUT2D eigenvalue weighted by atomic mass is 16.2. The minimum Gasteiger partial charge on any atom is -0.400 e. The van der Waals surface area contributed by atoms with E-state index >= 15 is 0 Å². The molecule has 70 valence electrons. The molecule has 0 atom stereocenters. The van der Waals surface area contributed by atoms with Gasteiger partial charge in [0, 0.05) is 7.11 Å². The third-order valence-electron chi connectivity index (χ3n) is 1.54. The normalized spacial score (nSPS) is 14.2. The van der Waals surface area contributed by atoms with Crippen molar-refractivity contribution < 1.29 is 5.11 Å². The van der Waals surface area contributed by atoms with E-state index < -0.39 is 0 Å². The largest absolute Gasteiger partial charge is 0.400 e. The third kappa shape index (κ3) is 17.8. The second-order valence-electron chi connectivity index (χ2n) is 2.56. The highest BCUT2D eigenvalue weighted by Crippen LogP contribution is 2.15. The van der Waals surface area contributed by atoms with Gasteiger partial charge in [0.05, 0.1) is 0 Å². The molecule has 0 unspecified atom stereocenters. The summed E-state index contributed by atoms with van der Waals surface area (Å²) in [6, 6.07) is 0. The molecule has 0 aliphatic heterocycles. The van der Waals surface area contributed by atoms with E-state index in [4.69, 9.17) is 10.8 Å². The fourth-order valence-electron chi connectivity index (χ4n) is 0.884. The van der Waals surface area contributed by atoms with Crippen LogP contribution in [0.25, 0.3) is 0 Å². The number of aliphatic hydroxyl groups is 1. The van der Waals surface area contributed by atoms with Crippen molar-refractivity contribution in [2.75, 3.05) is 13.7 Å². The van der Waals surface area contributed by atoms with Gasteiger partial charge in [-0.15, -0.1) is 0 Å². The lowest BCUT2D eigenvalue weighted by atomic mass is 10.4. The Labute approximate surface area is 70.8 Å². The molecule has 0 spiro atoms. The predicted octanol–water partition coefficient (Wildman–Crippen LogP) is 1.91. The average Bonchev–Trinajstić information content (AvgIpc) is 2.65. The van der Waals surface area contributed by atoms with Gasteiger partial charge in [0.1, 0.15) is 0 Å². The number of hydrogen-bond acceptors (Lipinski definition) is 2. The molecule has 3 N–H and O–H groups in total. The van der Waals surface area contributed by atoms with Crippen molar-refractivity contribution >= 4 is 0 Å². The first-order valence-electron chi connectivity index (χ1n) is 4.56. The predicted molar refractivity (Wildman–Crippen MR) is 50.6 cm³/mol. The first kappa shape index (κ1) is 13.5. The summed E-state index contributed by atoms with van der Waals surface area (Å²) in [6.45, 7) is 2.88. The van der Waals surface area contributed by atoms with E-state index in [0.717, 1.165) is 20.1 Å². The minimum atomic E-state index is 0.819. The lowest BCUT2D eigenvalue weighted by Gasteiger charge is -1.70. The summed E-state index contributed by atoms with van der Waals surface area (Å²) in [5.74, 6) is 0. The molecule has 0 saturated heterocycles. The highest BCUT2D eigenvalue weighted by Gasteiger charge is 1.95. The van der Waals surface area contributed by atoms with Gasteiger partial charge in [-0.3, -0.25) is 0 Å². The Kier molecular flexibility index (Phi) is 20.2. The van der Waals surface area contributed by atoms with Crippen LogP contribution in [0.15, 0.2) is 0 Å². The Morgan fingerprint density at radius 2 is 1.18 bits per heavy atom. The van der Waals surface area contributed by atoms with Gasteiger partial charge in [-0.1, -0.05) is 39.0 Å². The van der Waals surface area contributed by atoms with E-state index in [1.165, 1.54) is 32.1 Å². The second-order valence-corrected chi connectivity index (χ2v) is 2.56. The van der Waals surface area contributed by atoms with Crippen LogP contribution in [0.4, 0.5) is 0 Å². The van der Waals surface area contributed by atoms with Gasteiger partial charge in [-0.25, -0.2) is 0 Å². The first-order chi connectivity index (χ1) is 5.41. The summed E-state index contributed by atoms with van der Waals surface area (Å²) in [5.41, 5.74) is 5.03. The second kappa shape index (κ2) is 16.5. The van der Waals surface area contributed by atoms with Crippen LogP contribution in [0.5, 0.6) is 0 Å². The van der Waals surface area contributed by atoms with Gasteiger partial charge in [0.2, 0.25) is 0 Å². The van der Waals surface area contributed by atoms with E-state index in [0.29, 0.717) is 0 Å². The molecule has 2 nitrogen and oxygen atoms in total. The number of rotatable bonds is 1. The Morgan fingerprint density at radius 1 is 1.00 bits per heavy atom. The molecule has 1 rings (SSSR count). The SMILES string of the molecule is C1CCCC1.CCCN.CO. The zero-order valence-corrected chi connectivity index (χ0v) is 7.97. The Hall–Kier alpha value is -0.0800. The van der Waals surface area contributed by atoms with Crippen LogP contribution >= 0.6 is 0 Å². The van der Waals surface area contributed by atoms with Gasteiger partial charge in [0.15, 0.2) is 0 Å². The summed E-state index contributed by atoms with van der Waals surface area (Å²) < 4.78 is 0. The molecule has 1 aliphatic rings. The summed E-state index contributed by atoms with van der Waals surface area (Å²) in [7, 11) is 1.00. The van der Waals surface area contributed by atoms with Crippen LogP contribution in [-0.2, 0) is 0 Å². The molecule has 1 fully saturated rings. The van der Waals surface area contributed by atoms with Crippen molar-refractivity contribution in [2.45, 2.75) is 45.4 Å². The van der Waals surface area contributed by atoms with Gasteiger partial charge in [-0.05, 0) is 13.0 Å². The fraction of sp³-hybridized carbons (Fsp3) is 1.00. The quantitative estimate of drug-likeness (QED) is 0.617. The maximum atomic E-state index is 7.00. The molecule has 1 saturated carbocycles. The summed E-state index contributed by atoms with van der Waals surface area (Å²) >= 11 is 0. The number of aliphatic hydroxyl groups excluding tert-OH is 1. The monoisotopic (exact) mass is 161 g/mol. The van der Waals surface area contributed by atoms with Gasteiger partial charge in [0.25, 0.3) is 0 Å². The molecule has 11 heavy (non-hydrogen) atoms. The molecule has 0 aromatic rings. The van der Waals surface area contributed by atoms with Crippen molar-refractivity contribution in [3.63, 3.8) is 0 Å². The standard InChI is InChI=1S/C5H10.C3H9N.CH4O/c1-2-4-5-3-1;1-2-3-4;1-2/h1-5H2;2-4H2,1H3;2H,1H3. The summed E-state index contributed by atoms with van der Waals surface area (Å²) in [6.07, 6.45) is 8.60. The third-order valence-corrected chi connectivity index (χ3v) is 1.54. The van der Waals surface area contributed by atoms with Crippen molar-refractivity contribution in [1.29, 1.82) is 0 Å². The molecular formula is C9H23NO. The van der Waals surface area contributed by atoms with E-state index in [1.54, 1.807) is 0 Å². The lowest BCUT2D eigenvalue weighted by molar-refractivity contribution is 0.399. The van der Waals surface area contributed by atoms with Crippen molar-refractivity contribution in [3.05, 3.63) is 0 Å². The van der Waals surface area contributed by atoms with E-state index in [9.17, 15) is 0 Å². The zero-order valence-electron chi connectivity index (χ0n) is 7.97. The molecule has 0 amide bonds. The van der Waals surface area contributed by atoms with Crippen LogP contribution in [0.3, 0.4) is 0 Å². The maximum Gasteiger partial charge on any atom is 0.0319 e. The van der Waals surface area contributed by atoms with Crippen molar-refractivity contribution in [2.24, 2.45) is 5.73 Å². The maximum absolute atomic E-state index is 7.00. The summed E-state index contributed by atoms with van der Waals surface area (Å²) in [5, 5.41) is 7.00. The van der Waals surface area contributed by atoms with Gasteiger partial charge >= 0.3 is 0 Å². The number of nitrogens with two attached hydrogens (primary N) is 1. The Morgan fingerprint density at radius 3 is 1.27 bits per heavy atom. The van der Waals surface area contributed by atoms with Crippen LogP contribution in [0, 0.1) is 0 Å². The first-order valence-corrected chi connectivity index (χ1v) is 4.56. The smallest absolute Gasteiger partial charge is 0.0319 e. The van der Waals surface area contributed by atoms with Crippen LogP contribution in [-0.4, -0.2) is 18.8 Å². The van der Waals surface area contributed by atoms with Crippen molar-refractivity contribution in [1.82, 2.24) is 0 Å².